The number of hydrogen-bond donors (Lipinski definition) is 1. The molecule has 1 atom stereocenters. The van der Waals surface area contributed by atoms with Gasteiger partial charge in [-0.15, -0.1) is 0 Å². The van der Waals surface area contributed by atoms with Gasteiger partial charge in [0, 0.05) is 25.7 Å². The molecular weight excluding hydrogens is 220 g/mol. The van der Waals surface area contributed by atoms with Crippen LogP contribution in [0.15, 0.2) is 11.6 Å². The fourth-order valence-electron chi connectivity index (χ4n) is 2.48. The Morgan fingerprint density at radius 1 is 1.22 bits per heavy atom. The number of nitrogens with zero attached hydrogens (tertiary/aromatic N) is 1. The summed E-state index contributed by atoms with van der Waals surface area (Å²) in [5, 5.41) is 3.56. The Kier molecular flexibility index (Phi) is 5.87. The van der Waals surface area contributed by atoms with E-state index < -0.39 is 0 Å². The van der Waals surface area contributed by atoms with Crippen molar-refractivity contribution < 1.29 is 0 Å². The van der Waals surface area contributed by atoms with Crippen molar-refractivity contribution in [1.82, 2.24) is 10.2 Å². The first-order chi connectivity index (χ1) is 8.30. The quantitative estimate of drug-likeness (QED) is 0.755. The predicted octanol–water partition coefficient (Wildman–Crippen LogP) is 3.30. The van der Waals surface area contributed by atoms with Gasteiger partial charge in [0.1, 0.15) is 0 Å². The van der Waals surface area contributed by atoms with Crippen molar-refractivity contribution in [3.63, 3.8) is 0 Å². The van der Waals surface area contributed by atoms with Crippen LogP contribution >= 0.6 is 0 Å². The molecule has 0 aromatic heterocycles. The molecule has 0 amide bonds. The van der Waals surface area contributed by atoms with Crippen molar-refractivity contribution in [2.45, 2.75) is 54.0 Å². The van der Waals surface area contributed by atoms with Crippen LogP contribution in [-0.2, 0) is 0 Å². The van der Waals surface area contributed by atoms with E-state index in [4.69, 9.17) is 0 Å². The molecule has 0 spiro atoms. The van der Waals surface area contributed by atoms with Gasteiger partial charge in [-0.1, -0.05) is 46.3 Å². The van der Waals surface area contributed by atoms with Gasteiger partial charge in [0.2, 0.25) is 0 Å². The van der Waals surface area contributed by atoms with E-state index >= 15 is 0 Å². The highest BCUT2D eigenvalue weighted by Crippen LogP contribution is 2.30. The summed E-state index contributed by atoms with van der Waals surface area (Å²) >= 11 is 0. The van der Waals surface area contributed by atoms with Crippen molar-refractivity contribution in [2.75, 3.05) is 26.2 Å². The lowest BCUT2D eigenvalue weighted by molar-refractivity contribution is 0.210. The molecule has 0 aromatic carbocycles. The highest BCUT2D eigenvalue weighted by atomic mass is 15.2. The van der Waals surface area contributed by atoms with Crippen LogP contribution in [-0.4, -0.2) is 37.1 Å². The summed E-state index contributed by atoms with van der Waals surface area (Å²) in [6.45, 7) is 18.4. The summed E-state index contributed by atoms with van der Waals surface area (Å²) in [7, 11) is 0. The van der Waals surface area contributed by atoms with Gasteiger partial charge >= 0.3 is 0 Å². The standard InChI is InChI=1S/C16H32N2/c1-13(2)11-17-12-14(3)18-9-7-15(8-10-18)16(4,5)6/h7,13-14,17H,8-12H2,1-6H3. The van der Waals surface area contributed by atoms with Crippen LogP contribution in [0.3, 0.4) is 0 Å². The van der Waals surface area contributed by atoms with Crippen LogP contribution < -0.4 is 5.32 Å². The Bertz CT molecular complexity index is 273. The van der Waals surface area contributed by atoms with Gasteiger partial charge in [-0.2, -0.15) is 0 Å². The molecule has 2 heteroatoms. The minimum absolute atomic E-state index is 0.352. The lowest BCUT2D eigenvalue weighted by Crippen LogP contribution is -2.43. The van der Waals surface area contributed by atoms with Crippen LogP contribution in [0.5, 0.6) is 0 Å². The Labute approximate surface area is 114 Å². The Balaban J connectivity index is 2.36. The maximum atomic E-state index is 3.56. The highest BCUT2D eigenvalue weighted by Gasteiger charge is 2.23. The molecule has 0 bridgehead atoms. The van der Waals surface area contributed by atoms with Gasteiger partial charge in [-0.05, 0) is 31.2 Å². The maximum Gasteiger partial charge on any atom is 0.0195 e. The second-order valence-electron chi connectivity index (χ2n) is 7.13. The molecule has 18 heavy (non-hydrogen) atoms. The third-order valence-corrected chi connectivity index (χ3v) is 3.82. The molecule has 1 aliphatic heterocycles. The summed E-state index contributed by atoms with van der Waals surface area (Å²) in [5.74, 6) is 0.742. The molecule has 1 unspecified atom stereocenters. The number of rotatable bonds is 5. The fourth-order valence-corrected chi connectivity index (χ4v) is 2.48. The van der Waals surface area contributed by atoms with Crippen LogP contribution in [0.1, 0.15) is 48.0 Å². The lowest BCUT2D eigenvalue weighted by Gasteiger charge is -2.35. The molecule has 0 radical (unpaired) electrons. The van der Waals surface area contributed by atoms with Gasteiger partial charge in [-0.25, -0.2) is 0 Å². The molecule has 106 valence electrons. The van der Waals surface area contributed by atoms with E-state index in [-0.39, 0.29) is 0 Å². The second kappa shape index (κ2) is 6.72. The predicted molar refractivity (Wildman–Crippen MR) is 80.9 cm³/mol. The van der Waals surface area contributed by atoms with Crippen LogP contribution in [0.4, 0.5) is 0 Å². The zero-order valence-corrected chi connectivity index (χ0v) is 13.2. The molecule has 0 saturated carbocycles. The summed E-state index contributed by atoms with van der Waals surface area (Å²) in [6.07, 6.45) is 3.68. The fraction of sp³-hybridized carbons (Fsp3) is 0.875. The zero-order chi connectivity index (χ0) is 13.8. The van der Waals surface area contributed by atoms with E-state index in [1.54, 1.807) is 5.57 Å². The SMILES string of the molecule is CC(C)CNCC(C)N1CC=C(C(C)(C)C)CC1. The van der Waals surface area contributed by atoms with Crippen molar-refractivity contribution >= 4 is 0 Å². The topological polar surface area (TPSA) is 15.3 Å². The van der Waals surface area contributed by atoms with Crippen LogP contribution in [0.25, 0.3) is 0 Å². The van der Waals surface area contributed by atoms with Crippen LogP contribution in [0.2, 0.25) is 0 Å². The largest absolute Gasteiger partial charge is 0.315 e. The summed E-state index contributed by atoms with van der Waals surface area (Å²) in [6, 6.07) is 0.640. The normalized spacial score (nSPS) is 20.1. The molecule has 0 saturated heterocycles. The molecule has 1 heterocycles. The minimum Gasteiger partial charge on any atom is -0.315 e. The van der Waals surface area contributed by atoms with E-state index in [0.29, 0.717) is 11.5 Å². The zero-order valence-electron chi connectivity index (χ0n) is 13.2. The molecule has 0 fully saturated rings. The van der Waals surface area contributed by atoms with Gasteiger partial charge in [0.25, 0.3) is 0 Å². The molecule has 1 aliphatic rings. The van der Waals surface area contributed by atoms with Gasteiger partial charge in [0.15, 0.2) is 0 Å². The highest BCUT2D eigenvalue weighted by molar-refractivity contribution is 5.14. The van der Waals surface area contributed by atoms with E-state index in [1.807, 2.05) is 0 Å². The summed E-state index contributed by atoms with van der Waals surface area (Å²) < 4.78 is 0. The molecule has 1 N–H and O–H groups in total. The third-order valence-electron chi connectivity index (χ3n) is 3.82. The van der Waals surface area contributed by atoms with E-state index in [9.17, 15) is 0 Å². The van der Waals surface area contributed by atoms with Crippen LogP contribution in [0, 0.1) is 11.3 Å². The minimum atomic E-state index is 0.352. The lowest BCUT2D eigenvalue weighted by atomic mass is 9.83. The second-order valence-corrected chi connectivity index (χ2v) is 7.13. The van der Waals surface area contributed by atoms with Gasteiger partial charge in [-0.3, -0.25) is 4.90 Å². The van der Waals surface area contributed by atoms with Crippen molar-refractivity contribution in [3.05, 3.63) is 11.6 Å². The molecule has 2 nitrogen and oxygen atoms in total. The first kappa shape index (κ1) is 15.7. The van der Waals surface area contributed by atoms with E-state index in [0.717, 1.165) is 25.6 Å². The summed E-state index contributed by atoms with van der Waals surface area (Å²) in [4.78, 5) is 2.59. The Morgan fingerprint density at radius 3 is 2.33 bits per heavy atom. The van der Waals surface area contributed by atoms with Gasteiger partial charge in [0.05, 0.1) is 0 Å². The summed E-state index contributed by atoms with van der Waals surface area (Å²) in [5.41, 5.74) is 1.98. The number of nitrogens with one attached hydrogen (secondary N) is 1. The molecule has 0 aliphatic carbocycles. The van der Waals surface area contributed by atoms with E-state index in [2.05, 4.69) is 57.8 Å². The van der Waals surface area contributed by atoms with Crippen molar-refractivity contribution in [2.24, 2.45) is 11.3 Å². The molecule has 0 aromatic rings. The van der Waals surface area contributed by atoms with Gasteiger partial charge < -0.3 is 5.32 Å². The smallest absolute Gasteiger partial charge is 0.0195 e. The average Bonchev–Trinajstić information content (AvgIpc) is 2.27. The molecule has 1 rings (SSSR count). The van der Waals surface area contributed by atoms with E-state index in [1.165, 1.54) is 13.0 Å². The first-order valence-electron chi connectivity index (χ1n) is 7.45. The Hall–Kier alpha value is -0.340. The monoisotopic (exact) mass is 252 g/mol. The average molecular weight is 252 g/mol. The maximum absolute atomic E-state index is 3.56. The first-order valence-corrected chi connectivity index (χ1v) is 7.45. The third kappa shape index (κ3) is 5.11. The van der Waals surface area contributed by atoms with Crippen molar-refractivity contribution in [1.29, 1.82) is 0 Å². The number of hydrogen-bond acceptors (Lipinski definition) is 2. The Morgan fingerprint density at radius 2 is 1.89 bits per heavy atom. The van der Waals surface area contributed by atoms with Crippen molar-refractivity contribution in [3.8, 4) is 0 Å². The molecular formula is C16H32N2.